The zero-order valence-electron chi connectivity index (χ0n) is 9.74. The van der Waals surface area contributed by atoms with Crippen molar-refractivity contribution in [3.8, 4) is 5.75 Å². The van der Waals surface area contributed by atoms with Gasteiger partial charge in [-0.1, -0.05) is 6.92 Å². The van der Waals surface area contributed by atoms with Gasteiger partial charge in [-0.25, -0.2) is 4.39 Å². The zero-order chi connectivity index (χ0) is 12.8. The Bertz CT molecular complexity index is 396. The maximum atomic E-state index is 12.9. The maximum absolute atomic E-state index is 12.9. The van der Waals surface area contributed by atoms with Crippen LogP contribution in [0.1, 0.15) is 23.7 Å². The highest BCUT2D eigenvalue weighted by atomic mass is 19.1. The van der Waals surface area contributed by atoms with Crippen LogP contribution in [0.25, 0.3) is 0 Å². The van der Waals surface area contributed by atoms with Crippen LogP contribution in [0, 0.1) is 11.7 Å². The molecule has 0 aliphatic carbocycles. The largest absolute Gasteiger partial charge is 0.507 e. The van der Waals surface area contributed by atoms with E-state index < -0.39 is 11.7 Å². The SMILES string of the molecule is CC(CCN)CNC(=O)c1cc(F)ccc1O. The number of rotatable bonds is 5. The van der Waals surface area contributed by atoms with Gasteiger partial charge in [0.15, 0.2) is 0 Å². The van der Waals surface area contributed by atoms with Crippen molar-refractivity contribution in [3.63, 3.8) is 0 Å². The second-order valence-corrected chi connectivity index (χ2v) is 4.05. The first kappa shape index (κ1) is 13.4. The van der Waals surface area contributed by atoms with Crippen LogP contribution in [0.15, 0.2) is 18.2 Å². The lowest BCUT2D eigenvalue weighted by atomic mass is 10.1. The number of amides is 1. The zero-order valence-corrected chi connectivity index (χ0v) is 9.74. The average molecular weight is 240 g/mol. The lowest BCUT2D eigenvalue weighted by Crippen LogP contribution is -2.29. The molecule has 94 valence electrons. The molecule has 0 aliphatic rings. The average Bonchev–Trinajstić information content (AvgIpc) is 2.29. The van der Waals surface area contributed by atoms with Crippen molar-refractivity contribution in [2.24, 2.45) is 11.7 Å². The molecule has 0 aliphatic heterocycles. The molecule has 0 aromatic heterocycles. The Kier molecular flexibility index (Phi) is 4.90. The Morgan fingerprint density at radius 2 is 2.29 bits per heavy atom. The van der Waals surface area contributed by atoms with Gasteiger partial charge in [-0.15, -0.1) is 0 Å². The molecule has 1 atom stereocenters. The van der Waals surface area contributed by atoms with E-state index in [2.05, 4.69) is 5.32 Å². The van der Waals surface area contributed by atoms with Crippen LogP contribution in [0.4, 0.5) is 4.39 Å². The van der Waals surface area contributed by atoms with Crippen LogP contribution in [-0.2, 0) is 0 Å². The highest BCUT2D eigenvalue weighted by Gasteiger charge is 2.12. The van der Waals surface area contributed by atoms with E-state index in [0.29, 0.717) is 13.1 Å². The highest BCUT2D eigenvalue weighted by molar-refractivity contribution is 5.96. The Morgan fingerprint density at radius 3 is 2.94 bits per heavy atom. The Morgan fingerprint density at radius 1 is 1.59 bits per heavy atom. The fraction of sp³-hybridized carbons (Fsp3) is 0.417. The van der Waals surface area contributed by atoms with E-state index in [9.17, 15) is 14.3 Å². The molecule has 17 heavy (non-hydrogen) atoms. The fourth-order valence-corrected chi connectivity index (χ4v) is 1.44. The summed E-state index contributed by atoms with van der Waals surface area (Å²) in [5.41, 5.74) is 5.34. The summed E-state index contributed by atoms with van der Waals surface area (Å²) in [6.45, 7) is 2.97. The second-order valence-electron chi connectivity index (χ2n) is 4.05. The van der Waals surface area contributed by atoms with Crippen molar-refractivity contribution >= 4 is 5.91 Å². The highest BCUT2D eigenvalue weighted by Crippen LogP contribution is 2.17. The summed E-state index contributed by atoms with van der Waals surface area (Å²) >= 11 is 0. The van der Waals surface area contributed by atoms with Crippen LogP contribution in [0.2, 0.25) is 0 Å². The van der Waals surface area contributed by atoms with Gasteiger partial charge in [-0.3, -0.25) is 4.79 Å². The molecule has 0 fully saturated rings. The summed E-state index contributed by atoms with van der Waals surface area (Å²) in [6, 6.07) is 3.27. The lowest BCUT2D eigenvalue weighted by Gasteiger charge is -2.12. The molecular formula is C12H17FN2O2. The molecule has 4 nitrogen and oxygen atoms in total. The Balaban J connectivity index is 2.61. The van der Waals surface area contributed by atoms with E-state index in [1.54, 1.807) is 0 Å². The van der Waals surface area contributed by atoms with E-state index in [1.807, 2.05) is 6.92 Å². The van der Waals surface area contributed by atoms with Gasteiger partial charge in [0, 0.05) is 6.54 Å². The molecule has 1 unspecified atom stereocenters. The molecule has 5 heteroatoms. The molecule has 0 radical (unpaired) electrons. The normalized spacial score (nSPS) is 12.2. The summed E-state index contributed by atoms with van der Waals surface area (Å²) < 4.78 is 12.9. The lowest BCUT2D eigenvalue weighted by molar-refractivity contribution is 0.0944. The molecule has 1 aromatic rings. The van der Waals surface area contributed by atoms with Crippen molar-refractivity contribution < 1.29 is 14.3 Å². The Labute approximate surface area is 99.6 Å². The van der Waals surface area contributed by atoms with Crippen LogP contribution < -0.4 is 11.1 Å². The van der Waals surface area contributed by atoms with Crippen LogP contribution in [0.5, 0.6) is 5.75 Å². The molecular weight excluding hydrogens is 223 g/mol. The van der Waals surface area contributed by atoms with E-state index >= 15 is 0 Å². The van der Waals surface area contributed by atoms with Gasteiger partial charge in [0.1, 0.15) is 11.6 Å². The van der Waals surface area contributed by atoms with E-state index in [-0.39, 0.29) is 17.2 Å². The molecule has 0 saturated heterocycles. The maximum Gasteiger partial charge on any atom is 0.255 e. The molecule has 1 amide bonds. The van der Waals surface area contributed by atoms with Gasteiger partial charge >= 0.3 is 0 Å². The van der Waals surface area contributed by atoms with Gasteiger partial charge < -0.3 is 16.2 Å². The third-order valence-electron chi connectivity index (χ3n) is 2.47. The van der Waals surface area contributed by atoms with Gasteiger partial charge in [0.2, 0.25) is 0 Å². The van der Waals surface area contributed by atoms with E-state index in [0.717, 1.165) is 24.6 Å². The molecule has 0 saturated carbocycles. The number of hydrogen-bond donors (Lipinski definition) is 3. The van der Waals surface area contributed by atoms with E-state index in [1.165, 1.54) is 0 Å². The van der Waals surface area contributed by atoms with Gasteiger partial charge in [0.05, 0.1) is 5.56 Å². The summed E-state index contributed by atoms with van der Waals surface area (Å²) in [4.78, 5) is 11.7. The van der Waals surface area contributed by atoms with Crippen molar-refractivity contribution in [1.82, 2.24) is 5.32 Å². The van der Waals surface area contributed by atoms with Gasteiger partial charge in [-0.2, -0.15) is 0 Å². The van der Waals surface area contributed by atoms with Crippen molar-refractivity contribution in [1.29, 1.82) is 0 Å². The second kappa shape index (κ2) is 6.20. The predicted octanol–water partition coefficient (Wildman–Crippen LogP) is 1.25. The quantitative estimate of drug-likeness (QED) is 0.725. The van der Waals surface area contributed by atoms with Crippen molar-refractivity contribution in [2.45, 2.75) is 13.3 Å². The fourth-order valence-electron chi connectivity index (χ4n) is 1.44. The number of nitrogens with one attached hydrogen (secondary N) is 1. The minimum Gasteiger partial charge on any atom is -0.507 e. The molecule has 0 spiro atoms. The topological polar surface area (TPSA) is 75.3 Å². The first-order valence-electron chi connectivity index (χ1n) is 5.51. The first-order valence-corrected chi connectivity index (χ1v) is 5.51. The number of phenolic OH excluding ortho intramolecular Hbond substituents is 1. The Hall–Kier alpha value is -1.62. The van der Waals surface area contributed by atoms with Crippen LogP contribution in [0.3, 0.4) is 0 Å². The summed E-state index contributed by atoms with van der Waals surface area (Å²) in [5.74, 6) is -1.01. The summed E-state index contributed by atoms with van der Waals surface area (Å²) in [6.07, 6.45) is 0.801. The third kappa shape index (κ3) is 4.03. The number of benzene rings is 1. The number of carbonyl (C=O) groups is 1. The summed E-state index contributed by atoms with van der Waals surface area (Å²) in [5, 5.41) is 12.1. The summed E-state index contributed by atoms with van der Waals surface area (Å²) in [7, 11) is 0. The first-order chi connectivity index (χ1) is 8.04. The number of halogens is 1. The molecule has 4 N–H and O–H groups in total. The van der Waals surface area contributed by atoms with Gasteiger partial charge in [-0.05, 0) is 37.1 Å². The standard InChI is InChI=1S/C12H17FN2O2/c1-8(4-5-14)7-15-12(17)10-6-9(13)2-3-11(10)16/h2-3,6,8,16H,4-5,7,14H2,1H3,(H,15,17). The number of phenols is 1. The van der Waals surface area contributed by atoms with Crippen LogP contribution >= 0.6 is 0 Å². The monoisotopic (exact) mass is 240 g/mol. The van der Waals surface area contributed by atoms with Crippen molar-refractivity contribution in [3.05, 3.63) is 29.6 Å². The third-order valence-corrected chi connectivity index (χ3v) is 2.47. The number of carbonyl (C=O) groups excluding carboxylic acids is 1. The van der Waals surface area contributed by atoms with Gasteiger partial charge in [0.25, 0.3) is 5.91 Å². The van der Waals surface area contributed by atoms with Crippen molar-refractivity contribution in [2.75, 3.05) is 13.1 Å². The smallest absolute Gasteiger partial charge is 0.255 e. The predicted molar refractivity (Wildman–Crippen MR) is 63.2 cm³/mol. The van der Waals surface area contributed by atoms with E-state index in [4.69, 9.17) is 5.73 Å². The van der Waals surface area contributed by atoms with Crippen LogP contribution in [-0.4, -0.2) is 24.1 Å². The molecule has 0 heterocycles. The minimum absolute atomic E-state index is 0.0510. The number of aromatic hydroxyl groups is 1. The molecule has 1 rings (SSSR count). The number of nitrogens with two attached hydrogens (primary N) is 1. The molecule has 1 aromatic carbocycles. The minimum atomic E-state index is -0.553. The molecule has 0 bridgehead atoms. The number of hydrogen-bond acceptors (Lipinski definition) is 3.